The number of hydrogen-bond donors (Lipinski definition) is 0. The van der Waals surface area contributed by atoms with E-state index in [9.17, 15) is 0 Å². The highest BCUT2D eigenvalue weighted by Gasteiger charge is 2.35. The zero-order valence-electron chi connectivity index (χ0n) is 6.25. The van der Waals surface area contributed by atoms with Gasteiger partial charge in [-0.05, 0) is 19.5 Å². The summed E-state index contributed by atoms with van der Waals surface area (Å²) in [5.74, 6) is 0. The molecule has 1 aliphatic heterocycles. The Morgan fingerprint density at radius 2 is 2.20 bits per heavy atom. The molecular formula is C7H13OPS. The third-order valence-electron chi connectivity index (χ3n) is 2.21. The lowest BCUT2D eigenvalue weighted by atomic mass is 9.97. The standard InChI is InChI=1S/C7H13OPS/c1-9-8-6-4-2-3-5-7(6)10-9/h6-7H,2-5H2,1H3. The molecule has 1 heterocycles. The van der Waals surface area contributed by atoms with E-state index in [4.69, 9.17) is 4.52 Å². The van der Waals surface area contributed by atoms with Crippen molar-refractivity contribution in [3.8, 4) is 0 Å². The summed E-state index contributed by atoms with van der Waals surface area (Å²) in [5.41, 5.74) is 0. The summed E-state index contributed by atoms with van der Waals surface area (Å²) < 4.78 is 5.79. The monoisotopic (exact) mass is 176 g/mol. The molecule has 2 fully saturated rings. The predicted molar refractivity (Wildman–Crippen MR) is 47.6 cm³/mol. The molecule has 1 nitrogen and oxygen atoms in total. The molecule has 0 aromatic heterocycles. The van der Waals surface area contributed by atoms with E-state index in [1.807, 2.05) is 0 Å². The van der Waals surface area contributed by atoms with Crippen LogP contribution in [0.2, 0.25) is 0 Å². The Morgan fingerprint density at radius 1 is 1.40 bits per heavy atom. The second-order valence-corrected chi connectivity index (χ2v) is 7.09. The van der Waals surface area contributed by atoms with Crippen molar-refractivity contribution in [2.24, 2.45) is 0 Å². The van der Waals surface area contributed by atoms with Crippen LogP contribution >= 0.6 is 18.7 Å². The van der Waals surface area contributed by atoms with E-state index >= 15 is 0 Å². The maximum Gasteiger partial charge on any atom is 0.0863 e. The molecule has 3 atom stereocenters. The van der Waals surface area contributed by atoms with Crippen LogP contribution in [-0.2, 0) is 4.52 Å². The lowest BCUT2D eigenvalue weighted by Gasteiger charge is -2.21. The van der Waals surface area contributed by atoms with Gasteiger partial charge in [0.15, 0.2) is 0 Å². The second-order valence-electron chi connectivity index (χ2n) is 3.01. The number of hydrogen-bond acceptors (Lipinski definition) is 2. The Bertz CT molecular complexity index is 117. The van der Waals surface area contributed by atoms with Gasteiger partial charge in [-0.25, -0.2) is 0 Å². The molecule has 10 heavy (non-hydrogen) atoms. The van der Waals surface area contributed by atoms with Crippen LogP contribution in [0.25, 0.3) is 0 Å². The Morgan fingerprint density at radius 3 is 3.00 bits per heavy atom. The van der Waals surface area contributed by atoms with Gasteiger partial charge in [-0.3, -0.25) is 0 Å². The van der Waals surface area contributed by atoms with Gasteiger partial charge in [0.25, 0.3) is 0 Å². The minimum atomic E-state index is -0.0986. The molecular weight excluding hydrogens is 163 g/mol. The molecule has 3 heteroatoms. The molecule has 0 spiro atoms. The highest BCUT2D eigenvalue weighted by Crippen LogP contribution is 2.61. The first kappa shape index (κ1) is 7.39. The van der Waals surface area contributed by atoms with Crippen molar-refractivity contribution in [3.05, 3.63) is 0 Å². The summed E-state index contributed by atoms with van der Waals surface area (Å²) >= 11 is 2.09. The minimum Gasteiger partial charge on any atom is -0.344 e. The van der Waals surface area contributed by atoms with Crippen LogP contribution in [0.5, 0.6) is 0 Å². The van der Waals surface area contributed by atoms with Crippen LogP contribution < -0.4 is 0 Å². The van der Waals surface area contributed by atoms with E-state index < -0.39 is 0 Å². The van der Waals surface area contributed by atoms with E-state index in [0.29, 0.717) is 6.10 Å². The van der Waals surface area contributed by atoms with Crippen LogP contribution in [0.15, 0.2) is 0 Å². The molecule has 1 saturated carbocycles. The van der Waals surface area contributed by atoms with Gasteiger partial charge in [-0.15, -0.1) is 0 Å². The topological polar surface area (TPSA) is 9.23 Å². The normalized spacial score (nSPS) is 47.1. The van der Waals surface area contributed by atoms with Gasteiger partial charge >= 0.3 is 0 Å². The molecule has 2 rings (SSSR count). The zero-order chi connectivity index (χ0) is 6.97. The van der Waals surface area contributed by atoms with Crippen molar-refractivity contribution in [3.63, 3.8) is 0 Å². The first-order valence-corrected chi connectivity index (χ1v) is 7.13. The molecule has 0 N–H and O–H groups in total. The molecule has 1 aliphatic carbocycles. The molecule has 0 aromatic carbocycles. The van der Waals surface area contributed by atoms with Gasteiger partial charge in [0.2, 0.25) is 0 Å². The van der Waals surface area contributed by atoms with Gasteiger partial charge in [0.1, 0.15) is 0 Å². The number of rotatable bonds is 0. The van der Waals surface area contributed by atoms with E-state index in [1.165, 1.54) is 25.7 Å². The Hall–Kier alpha value is 0.740. The first-order valence-electron chi connectivity index (χ1n) is 3.93. The van der Waals surface area contributed by atoms with E-state index in [0.717, 1.165) is 5.25 Å². The zero-order valence-corrected chi connectivity index (χ0v) is 7.96. The summed E-state index contributed by atoms with van der Waals surface area (Å²) in [7, 11) is -0.0986. The van der Waals surface area contributed by atoms with Crippen molar-refractivity contribution in [2.75, 3.05) is 6.66 Å². The second kappa shape index (κ2) is 3.00. The lowest BCUT2D eigenvalue weighted by Crippen LogP contribution is -2.23. The highest BCUT2D eigenvalue weighted by atomic mass is 32.7. The molecule has 0 aromatic rings. The fraction of sp³-hybridized carbons (Fsp3) is 1.00. The van der Waals surface area contributed by atoms with Crippen LogP contribution in [0.4, 0.5) is 0 Å². The van der Waals surface area contributed by atoms with Crippen LogP contribution in [0.1, 0.15) is 25.7 Å². The molecule has 1 saturated heterocycles. The third kappa shape index (κ3) is 1.34. The summed E-state index contributed by atoms with van der Waals surface area (Å²) in [4.78, 5) is 0. The minimum absolute atomic E-state index is 0.0986. The molecule has 0 amide bonds. The Balaban J connectivity index is 1.97. The summed E-state index contributed by atoms with van der Waals surface area (Å²) in [6.45, 7) is 2.23. The van der Waals surface area contributed by atoms with Crippen molar-refractivity contribution >= 4 is 18.7 Å². The highest BCUT2D eigenvalue weighted by molar-refractivity contribution is 8.54. The summed E-state index contributed by atoms with van der Waals surface area (Å²) in [6.07, 6.45) is 6.19. The largest absolute Gasteiger partial charge is 0.344 e. The third-order valence-corrected chi connectivity index (χ3v) is 5.85. The average molecular weight is 176 g/mol. The van der Waals surface area contributed by atoms with Crippen LogP contribution in [0.3, 0.4) is 0 Å². The average Bonchev–Trinajstić information content (AvgIpc) is 2.27. The van der Waals surface area contributed by atoms with E-state index in [2.05, 4.69) is 18.0 Å². The molecule has 0 radical (unpaired) electrons. The first-order chi connectivity index (χ1) is 4.86. The van der Waals surface area contributed by atoms with Gasteiger partial charge in [0, 0.05) is 5.25 Å². The van der Waals surface area contributed by atoms with Gasteiger partial charge in [0.05, 0.1) is 13.5 Å². The molecule has 2 aliphatic rings. The maximum absolute atomic E-state index is 5.79. The van der Waals surface area contributed by atoms with Gasteiger partial charge < -0.3 is 4.52 Å². The Labute approximate surface area is 67.5 Å². The summed E-state index contributed by atoms with van der Waals surface area (Å²) in [6, 6.07) is 0. The van der Waals surface area contributed by atoms with E-state index in [1.54, 1.807) is 0 Å². The lowest BCUT2D eigenvalue weighted by molar-refractivity contribution is 0.194. The van der Waals surface area contributed by atoms with E-state index in [-0.39, 0.29) is 7.35 Å². The van der Waals surface area contributed by atoms with Crippen LogP contribution in [-0.4, -0.2) is 18.0 Å². The maximum atomic E-state index is 5.79. The van der Waals surface area contributed by atoms with Crippen molar-refractivity contribution < 1.29 is 4.52 Å². The molecule has 58 valence electrons. The Kier molecular flexibility index (Phi) is 2.22. The number of fused-ring (bicyclic) bond motifs is 1. The van der Waals surface area contributed by atoms with Gasteiger partial charge in [-0.1, -0.05) is 24.2 Å². The van der Waals surface area contributed by atoms with Crippen LogP contribution in [0, 0.1) is 0 Å². The van der Waals surface area contributed by atoms with Crippen molar-refractivity contribution in [1.82, 2.24) is 0 Å². The quantitative estimate of drug-likeness (QED) is 0.525. The van der Waals surface area contributed by atoms with Gasteiger partial charge in [-0.2, -0.15) is 0 Å². The smallest absolute Gasteiger partial charge is 0.0863 e. The fourth-order valence-electron chi connectivity index (χ4n) is 1.71. The van der Waals surface area contributed by atoms with Crippen molar-refractivity contribution in [2.45, 2.75) is 37.0 Å². The fourth-order valence-corrected chi connectivity index (χ4v) is 5.80. The molecule has 0 bridgehead atoms. The SMILES string of the molecule is CP1OC2CCCCC2S1. The van der Waals surface area contributed by atoms with Crippen molar-refractivity contribution in [1.29, 1.82) is 0 Å². The predicted octanol–water partition coefficient (Wildman–Crippen LogP) is 3.00. The summed E-state index contributed by atoms with van der Waals surface area (Å²) in [5, 5.41) is 0.866. The molecule has 3 unspecified atom stereocenters.